The molecule has 4 saturated carbocycles. The lowest BCUT2D eigenvalue weighted by molar-refractivity contribution is 0.0129. The molecule has 0 heteroatoms. The second-order valence-corrected chi connectivity index (χ2v) is 7.57. The molecule has 0 spiro atoms. The summed E-state index contributed by atoms with van der Waals surface area (Å²) in [6, 6.07) is 0. The molecule has 4 aliphatic carbocycles. The Morgan fingerprint density at radius 1 is 0.471 bits per heavy atom. The zero-order valence-electron chi connectivity index (χ0n) is 11.2. The van der Waals surface area contributed by atoms with Crippen molar-refractivity contribution in [2.24, 2.45) is 35.5 Å². The van der Waals surface area contributed by atoms with Crippen LogP contribution in [0, 0.1) is 35.5 Å². The average molecular weight is 232 g/mol. The number of fused-ring (bicyclic) bond motifs is 2. The molecule has 0 aromatic heterocycles. The number of hydrogen-bond donors (Lipinski definition) is 0. The molecule has 4 aliphatic rings. The van der Waals surface area contributed by atoms with Crippen LogP contribution in [-0.2, 0) is 0 Å². The van der Waals surface area contributed by atoms with Crippen molar-refractivity contribution in [2.45, 2.75) is 70.6 Å². The molecular weight excluding hydrogens is 204 g/mol. The van der Waals surface area contributed by atoms with E-state index in [0.717, 1.165) is 17.8 Å². The molecule has 0 bridgehead atoms. The number of rotatable bonds is 0. The lowest BCUT2D eigenvalue weighted by Gasteiger charge is -2.48. The van der Waals surface area contributed by atoms with Crippen LogP contribution in [0.25, 0.3) is 0 Å². The molecule has 6 unspecified atom stereocenters. The van der Waals surface area contributed by atoms with Gasteiger partial charge < -0.3 is 0 Å². The Balaban J connectivity index is 1.63. The summed E-state index contributed by atoms with van der Waals surface area (Å²) < 4.78 is 0. The van der Waals surface area contributed by atoms with Crippen LogP contribution in [0.3, 0.4) is 0 Å². The summed E-state index contributed by atoms with van der Waals surface area (Å²) in [5, 5.41) is 0. The van der Waals surface area contributed by atoms with Crippen molar-refractivity contribution in [3.8, 4) is 0 Å². The average Bonchev–Trinajstić information content (AvgIpc) is 2.68. The first-order valence-corrected chi connectivity index (χ1v) is 8.43. The van der Waals surface area contributed by atoms with E-state index in [1.165, 1.54) is 17.8 Å². The van der Waals surface area contributed by atoms with Gasteiger partial charge in [0.15, 0.2) is 0 Å². The van der Waals surface area contributed by atoms with Crippen LogP contribution in [0.4, 0.5) is 0 Å². The second-order valence-electron chi connectivity index (χ2n) is 7.57. The van der Waals surface area contributed by atoms with Gasteiger partial charge >= 0.3 is 0 Å². The van der Waals surface area contributed by atoms with Crippen LogP contribution in [0.15, 0.2) is 0 Å². The van der Waals surface area contributed by atoms with Crippen LogP contribution in [0.2, 0.25) is 0 Å². The minimum Gasteiger partial charge on any atom is -0.0530 e. The molecule has 0 radical (unpaired) electrons. The van der Waals surface area contributed by atoms with Crippen LogP contribution in [0.5, 0.6) is 0 Å². The van der Waals surface area contributed by atoms with E-state index in [1.807, 2.05) is 0 Å². The van der Waals surface area contributed by atoms with E-state index in [4.69, 9.17) is 0 Å². The molecule has 4 rings (SSSR count). The Labute approximate surface area is 107 Å². The van der Waals surface area contributed by atoms with Crippen molar-refractivity contribution >= 4 is 0 Å². The Morgan fingerprint density at radius 3 is 2.06 bits per heavy atom. The summed E-state index contributed by atoms with van der Waals surface area (Å²) in [4.78, 5) is 0. The van der Waals surface area contributed by atoms with Gasteiger partial charge in [-0.3, -0.25) is 0 Å². The summed E-state index contributed by atoms with van der Waals surface area (Å²) in [6.07, 6.45) is 17.5. The van der Waals surface area contributed by atoms with Crippen molar-refractivity contribution in [3.63, 3.8) is 0 Å². The molecule has 6 atom stereocenters. The molecule has 0 aromatic rings. The molecule has 0 N–H and O–H groups in total. The first kappa shape index (κ1) is 10.9. The molecule has 0 aliphatic heterocycles. The van der Waals surface area contributed by atoms with Crippen molar-refractivity contribution < 1.29 is 0 Å². The second kappa shape index (κ2) is 4.28. The smallest absolute Gasteiger partial charge is 0.0326 e. The summed E-state index contributed by atoms with van der Waals surface area (Å²) in [5.41, 5.74) is 0. The fourth-order valence-corrected chi connectivity index (χ4v) is 6.47. The van der Waals surface area contributed by atoms with Gasteiger partial charge in [-0.25, -0.2) is 0 Å². The monoisotopic (exact) mass is 232 g/mol. The van der Waals surface area contributed by atoms with E-state index >= 15 is 0 Å². The van der Waals surface area contributed by atoms with Gasteiger partial charge in [0, 0.05) is 0 Å². The van der Waals surface area contributed by atoms with Gasteiger partial charge in [0.2, 0.25) is 0 Å². The Hall–Kier alpha value is 0. The standard InChI is InChI=1S/C17H28/c1-2-7-14-11-13-6-3-4-8-15(13)16-10-9-12(5-1)17(14)16/h12-17H,1-11H2. The first-order valence-electron chi connectivity index (χ1n) is 8.43. The Kier molecular flexibility index (Phi) is 2.74. The van der Waals surface area contributed by atoms with E-state index in [-0.39, 0.29) is 0 Å². The molecule has 0 nitrogen and oxygen atoms in total. The lowest BCUT2D eigenvalue weighted by atomic mass is 9.57. The number of hydrogen-bond acceptors (Lipinski definition) is 0. The third kappa shape index (κ3) is 1.70. The van der Waals surface area contributed by atoms with Gasteiger partial charge in [-0.1, -0.05) is 44.9 Å². The highest BCUT2D eigenvalue weighted by molar-refractivity contribution is 5.00. The van der Waals surface area contributed by atoms with E-state index in [0.29, 0.717) is 0 Å². The van der Waals surface area contributed by atoms with E-state index in [9.17, 15) is 0 Å². The minimum atomic E-state index is 1.16. The first-order chi connectivity index (χ1) is 8.43. The topological polar surface area (TPSA) is 0 Å². The van der Waals surface area contributed by atoms with Crippen LogP contribution < -0.4 is 0 Å². The Morgan fingerprint density at radius 2 is 1.18 bits per heavy atom. The molecule has 17 heavy (non-hydrogen) atoms. The maximum absolute atomic E-state index is 1.64. The summed E-state index contributed by atoms with van der Waals surface area (Å²) in [5.74, 6) is 7.03. The fourth-order valence-electron chi connectivity index (χ4n) is 6.47. The van der Waals surface area contributed by atoms with E-state index < -0.39 is 0 Å². The zero-order chi connectivity index (χ0) is 11.2. The maximum atomic E-state index is 1.64. The largest absolute Gasteiger partial charge is 0.0530 e. The predicted molar refractivity (Wildman–Crippen MR) is 71.7 cm³/mol. The highest BCUT2D eigenvalue weighted by Gasteiger charge is 2.50. The van der Waals surface area contributed by atoms with Gasteiger partial charge in [0.1, 0.15) is 0 Å². The van der Waals surface area contributed by atoms with Crippen molar-refractivity contribution in [1.82, 2.24) is 0 Å². The highest BCUT2D eigenvalue weighted by atomic mass is 14.6. The zero-order valence-corrected chi connectivity index (χ0v) is 11.2. The predicted octanol–water partition coefficient (Wildman–Crippen LogP) is 5.03. The SMILES string of the molecule is C1CCC2C(C1)CC1CCCCC3CCC2C31. The summed E-state index contributed by atoms with van der Waals surface area (Å²) >= 11 is 0. The minimum absolute atomic E-state index is 1.16. The Bertz CT molecular complexity index is 282. The summed E-state index contributed by atoms with van der Waals surface area (Å²) in [6.45, 7) is 0. The molecule has 0 saturated heterocycles. The molecule has 0 aromatic carbocycles. The third-order valence-electron chi connectivity index (χ3n) is 6.98. The quantitative estimate of drug-likeness (QED) is 0.549. The van der Waals surface area contributed by atoms with Crippen molar-refractivity contribution in [2.75, 3.05) is 0 Å². The van der Waals surface area contributed by atoms with Crippen LogP contribution in [-0.4, -0.2) is 0 Å². The van der Waals surface area contributed by atoms with Gasteiger partial charge in [0.25, 0.3) is 0 Å². The lowest BCUT2D eigenvalue weighted by Crippen LogP contribution is -2.40. The van der Waals surface area contributed by atoms with Gasteiger partial charge in [0.05, 0.1) is 0 Å². The molecule has 0 amide bonds. The van der Waals surface area contributed by atoms with Crippen LogP contribution >= 0.6 is 0 Å². The van der Waals surface area contributed by atoms with Crippen molar-refractivity contribution in [3.05, 3.63) is 0 Å². The van der Waals surface area contributed by atoms with Crippen LogP contribution in [0.1, 0.15) is 70.6 Å². The van der Waals surface area contributed by atoms with Gasteiger partial charge in [-0.15, -0.1) is 0 Å². The van der Waals surface area contributed by atoms with Gasteiger partial charge in [-0.2, -0.15) is 0 Å². The van der Waals surface area contributed by atoms with E-state index in [2.05, 4.69) is 0 Å². The van der Waals surface area contributed by atoms with E-state index in [1.54, 1.807) is 70.6 Å². The fraction of sp³-hybridized carbons (Fsp3) is 1.00. The van der Waals surface area contributed by atoms with Crippen molar-refractivity contribution in [1.29, 1.82) is 0 Å². The molecular formula is C17H28. The maximum Gasteiger partial charge on any atom is -0.0326 e. The molecule has 4 fully saturated rings. The molecule has 0 heterocycles. The van der Waals surface area contributed by atoms with Gasteiger partial charge in [-0.05, 0) is 61.2 Å². The summed E-state index contributed by atoms with van der Waals surface area (Å²) in [7, 11) is 0. The normalized spacial score (nSPS) is 53.6. The molecule has 96 valence electrons. The highest BCUT2D eigenvalue weighted by Crippen LogP contribution is 2.59. The third-order valence-corrected chi connectivity index (χ3v) is 6.98.